The molecule has 0 fully saturated rings. The third-order valence-corrected chi connectivity index (χ3v) is 3.54. The lowest BCUT2D eigenvalue weighted by Crippen LogP contribution is -2.15. The van der Waals surface area contributed by atoms with Crippen LogP contribution in [0.1, 0.15) is 16.7 Å². The highest BCUT2D eigenvalue weighted by Gasteiger charge is 2.06. The minimum atomic E-state index is -0.0583. The van der Waals surface area contributed by atoms with E-state index in [2.05, 4.69) is 35.5 Å². The summed E-state index contributed by atoms with van der Waals surface area (Å²) in [5, 5.41) is 7.24. The van der Waals surface area contributed by atoms with Crippen LogP contribution >= 0.6 is 0 Å². The van der Waals surface area contributed by atoms with Gasteiger partial charge in [0.15, 0.2) is 5.82 Å². The highest BCUT2D eigenvalue weighted by Crippen LogP contribution is 2.09. The number of carbonyl (C=O) groups excluding carboxylic acids is 1. The summed E-state index contributed by atoms with van der Waals surface area (Å²) in [6.07, 6.45) is 2.23. The Morgan fingerprint density at radius 3 is 2.61 bits per heavy atom. The van der Waals surface area contributed by atoms with Gasteiger partial charge in [-0.25, -0.2) is 0 Å². The van der Waals surface area contributed by atoms with Crippen LogP contribution in [0.3, 0.4) is 0 Å². The molecule has 2 aromatic carbocycles. The second-order valence-electron chi connectivity index (χ2n) is 5.60. The zero-order valence-corrected chi connectivity index (χ0v) is 13.1. The molecule has 1 aromatic heterocycles. The van der Waals surface area contributed by atoms with Crippen molar-refractivity contribution in [3.05, 3.63) is 83.6 Å². The number of hydrogen-bond acceptors (Lipinski definition) is 2. The average molecular weight is 305 g/mol. The van der Waals surface area contributed by atoms with Crippen molar-refractivity contribution >= 4 is 11.7 Å². The smallest absolute Gasteiger partial charge is 0.229 e. The molecular formula is C19H19N3O. The fraction of sp³-hybridized carbons (Fsp3) is 0.158. The van der Waals surface area contributed by atoms with Crippen molar-refractivity contribution in [3.63, 3.8) is 0 Å². The van der Waals surface area contributed by atoms with Gasteiger partial charge in [0.2, 0.25) is 5.91 Å². The van der Waals surface area contributed by atoms with Crippen LogP contribution in [0.2, 0.25) is 0 Å². The summed E-state index contributed by atoms with van der Waals surface area (Å²) in [4.78, 5) is 12.0. The molecule has 1 heterocycles. The minimum Gasteiger partial charge on any atom is -0.309 e. The molecule has 0 bridgehead atoms. The zero-order chi connectivity index (χ0) is 16.1. The van der Waals surface area contributed by atoms with Gasteiger partial charge in [0.05, 0.1) is 13.0 Å². The first-order chi connectivity index (χ1) is 11.2. The predicted octanol–water partition coefficient (Wildman–Crippen LogP) is 3.42. The second kappa shape index (κ2) is 6.92. The Morgan fingerprint density at radius 1 is 1.04 bits per heavy atom. The normalized spacial score (nSPS) is 10.5. The number of amides is 1. The molecule has 0 aliphatic carbocycles. The number of carbonyl (C=O) groups is 1. The van der Waals surface area contributed by atoms with E-state index in [4.69, 9.17) is 0 Å². The molecule has 0 spiro atoms. The molecule has 4 nitrogen and oxygen atoms in total. The highest BCUT2D eigenvalue weighted by atomic mass is 16.1. The molecule has 0 aliphatic rings. The number of hydrogen-bond donors (Lipinski definition) is 1. The van der Waals surface area contributed by atoms with Crippen molar-refractivity contribution in [1.29, 1.82) is 0 Å². The van der Waals surface area contributed by atoms with Gasteiger partial charge in [-0.2, -0.15) is 5.10 Å². The number of nitrogens with zero attached hydrogens (tertiary/aromatic N) is 2. The van der Waals surface area contributed by atoms with E-state index < -0.39 is 0 Å². The van der Waals surface area contributed by atoms with E-state index in [9.17, 15) is 4.79 Å². The van der Waals surface area contributed by atoms with Crippen molar-refractivity contribution in [2.75, 3.05) is 5.32 Å². The van der Waals surface area contributed by atoms with Crippen molar-refractivity contribution in [2.24, 2.45) is 0 Å². The molecule has 116 valence electrons. The third-order valence-electron chi connectivity index (χ3n) is 3.54. The van der Waals surface area contributed by atoms with Gasteiger partial charge >= 0.3 is 0 Å². The Hall–Kier alpha value is -2.88. The first kappa shape index (κ1) is 15.0. The number of aromatic nitrogens is 2. The van der Waals surface area contributed by atoms with Crippen molar-refractivity contribution in [1.82, 2.24) is 9.78 Å². The van der Waals surface area contributed by atoms with Gasteiger partial charge < -0.3 is 5.32 Å². The van der Waals surface area contributed by atoms with Crippen molar-refractivity contribution in [3.8, 4) is 0 Å². The van der Waals surface area contributed by atoms with Crippen molar-refractivity contribution in [2.45, 2.75) is 19.9 Å². The lowest BCUT2D eigenvalue weighted by Gasteiger charge is -2.04. The number of anilines is 1. The van der Waals surface area contributed by atoms with Gasteiger partial charge in [-0.15, -0.1) is 0 Å². The van der Waals surface area contributed by atoms with Gasteiger partial charge in [0, 0.05) is 12.3 Å². The predicted molar refractivity (Wildman–Crippen MR) is 91.3 cm³/mol. The van der Waals surface area contributed by atoms with Crippen LogP contribution in [0.25, 0.3) is 0 Å². The maximum absolute atomic E-state index is 12.0. The first-order valence-corrected chi connectivity index (χ1v) is 7.62. The Bertz CT molecular complexity index is 793. The van der Waals surface area contributed by atoms with Crippen LogP contribution in [-0.2, 0) is 17.8 Å². The fourth-order valence-electron chi connectivity index (χ4n) is 2.48. The third kappa shape index (κ3) is 4.30. The summed E-state index contributed by atoms with van der Waals surface area (Å²) in [6.45, 7) is 2.76. The van der Waals surface area contributed by atoms with E-state index in [1.165, 1.54) is 11.1 Å². The van der Waals surface area contributed by atoms with E-state index >= 15 is 0 Å². The van der Waals surface area contributed by atoms with Crippen LogP contribution in [0.4, 0.5) is 5.82 Å². The van der Waals surface area contributed by atoms with Gasteiger partial charge in [-0.3, -0.25) is 9.48 Å². The zero-order valence-electron chi connectivity index (χ0n) is 13.1. The maximum Gasteiger partial charge on any atom is 0.229 e. The van der Waals surface area contributed by atoms with E-state index in [1.807, 2.05) is 53.3 Å². The molecule has 1 amide bonds. The quantitative estimate of drug-likeness (QED) is 0.785. The molecule has 3 rings (SSSR count). The molecule has 0 unspecified atom stereocenters. The van der Waals surface area contributed by atoms with E-state index in [1.54, 1.807) is 0 Å². The van der Waals surface area contributed by atoms with E-state index in [-0.39, 0.29) is 5.91 Å². The summed E-state index contributed by atoms with van der Waals surface area (Å²) in [5.74, 6) is 0.524. The molecule has 0 saturated carbocycles. The number of rotatable bonds is 5. The summed E-state index contributed by atoms with van der Waals surface area (Å²) < 4.78 is 1.83. The molecule has 0 saturated heterocycles. The second-order valence-corrected chi connectivity index (χ2v) is 5.60. The molecule has 23 heavy (non-hydrogen) atoms. The lowest BCUT2D eigenvalue weighted by atomic mass is 10.1. The molecule has 0 atom stereocenters. The van der Waals surface area contributed by atoms with Crippen molar-refractivity contribution < 1.29 is 4.79 Å². The van der Waals surface area contributed by atoms with Gasteiger partial charge in [-0.05, 0) is 18.1 Å². The molecular weight excluding hydrogens is 286 g/mol. The summed E-state index contributed by atoms with van der Waals surface area (Å²) in [5.41, 5.74) is 3.41. The van der Waals surface area contributed by atoms with E-state index in [0.29, 0.717) is 18.8 Å². The topological polar surface area (TPSA) is 46.9 Å². The highest BCUT2D eigenvalue weighted by molar-refractivity contribution is 5.91. The Morgan fingerprint density at radius 2 is 1.83 bits per heavy atom. The van der Waals surface area contributed by atoms with Crippen LogP contribution in [0.5, 0.6) is 0 Å². The van der Waals surface area contributed by atoms with Crippen LogP contribution in [0.15, 0.2) is 66.9 Å². The summed E-state index contributed by atoms with van der Waals surface area (Å²) in [6, 6.07) is 19.8. The number of aryl methyl sites for hydroxylation is 1. The summed E-state index contributed by atoms with van der Waals surface area (Å²) in [7, 11) is 0. The first-order valence-electron chi connectivity index (χ1n) is 7.62. The molecule has 3 aromatic rings. The minimum absolute atomic E-state index is 0.0583. The number of benzene rings is 2. The SMILES string of the molecule is Cc1cccc(Cn2ccc(NC(=O)Cc3ccccc3)n2)c1. The Balaban J connectivity index is 1.60. The average Bonchev–Trinajstić information content (AvgIpc) is 2.95. The Labute approximate surface area is 135 Å². The van der Waals surface area contributed by atoms with Gasteiger partial charge in [0.25, 0.3) is 0 Å². The monoisotopic (exact) mass is 305 g/mol. The number of nitrogens with one attached hydrogen (secondary N) is 1. The summed E-state index contributed by atoms with van der Waals surface area (Å²) >= 11 is 0. The fourth-order valence-corrected chi connectivity index (χ4v) is 2.48. The van der Waals surface area contributed by atoms with Gasteiger partial charge in [0.1, 0.15) is 0 Å². The van der Waals surface area contributed by atoms with Gasteiger partial charge in [-0.1, -0.05) is 60.2 Å². The van der Waals surface area contributed by atoms with Crippen LogP contribution in [0, 0.1) is 6.92 Å². The van der Waals surface area contributed by atoms with Crippen LogP contribution < -0.4 is 5.32 Å². The molecule has 0 aliphatic heterocycles. The molecule has 0 radical (unpaired) electrons. The van der Waals surface area contributed by atoms with Crippen LogP contribution in [-0.4, -0.2) is 15.7 Å². The maximum atomic E-state index is 12.0. The lowest BCUT2D eigenvalue weighted by molar-refractivity contribution is -0.115. The Kier molecular flexibility index (Phi) is 4.52. The standard InChI is InChI=1S/C19H19N3O/c1-15-6-5-9-17(12-15)14-22-11-10-18(21-22)20-19(23)13-16-7-3-2-4-8-16/h2-12H,13-14H2,1H3,(H,20,21,23). The van der Waals surface area contributed by atoms with E-state index in [0.717, 1.165) is 5.56 Å². The molecule has 1 N–H and O–H groups in total. The molecule has 4 heteroatoms. The largest absolute Gasteiger partial charge is 0.309 e.